The van der Waals surface area contributed by atoms with Crippen molar-refractivity contribution in [1.29, 1.82) is 0 Å². The number of rotatable bonds is 3. The molecule has 0 aliphatic heterocycles. The molecule has 7 heteroatoms. The van der Waals surface area contributed by atoms with E-state index >= 15 is 0 Å². The smallest absolute Gasteiger partial charge is 0.398 e. The molecule has 1 aromatic heterocycles. The van der Waals surface area contributed by atoms with Crippen LogP contribution in [0.2, 0.25) is 0 Å². The predicted octanol–water partition coefficient (Wildman–Crippen LogP) is 5.07. The Kier molecular flexibility index (Phi) is 4.21. The summed E-state index contributed by atoms with van der Waals surface area (Å²) in [5.41, 5.74) is 10.2. The molecule has 0 aliphatic rings. The van der Waals surface area contributed by atoms with E-state index in [1.165, 1.54) is 17.8 Å². The molecular formula is C17H16F3N3S. The van der Waals surface area contributed by atoms with Crippen molar-refractivity contribution in [2.45, 2.75) is 30.9 Å². The SMILES string of the molecule is Cc1ccc(C)c(CSc2nc3ccc(C(F)(F)F)cc3[nH]2)c1N. The molecule has 3 N–H and O–H groups in total. The van der Waals surface area contributed by atoms with Gasteiger partial charge in [-0.1, -0.05) is 23.9 Å². The van der Waals surface area contributed by atoms with Gasteiger partial charge in [0.1, 0.15) is 0 Å². The maximum atomic E-state index is 12.8. The van der Waals surface area contributed by atoms with Gasteiger partial charge in [0.05, 0.1) is 16.6 Å². The normalized spacial score (nSPS) is 12.0. The molecule has 0 amide bonds. The number of aromatic nitrogens is 2. The number of nitrogens with two attached hydrogens (primary N) is 1. The van der Waals surface area contributed by atoms with Crippen LogP contribution in [0.5, 0.6) is 0 Å². The third kappa shape index (κ3) is 3.21. The lowest BCUT2D eigenvalue weighted by Gasteiger charge is -2.10. The van der Waals surface area contributed by atoms with E-state index in [2.05, 4.69) is 9.97 Å². The minimum Gasteiger partial charge on any atom is -0.398 e. The van der Waals surface area contributed by atoms with Gasteiger partial charge < -0.3 is 10.7 Å². The zero-order valence-corrected chi connectivity index (χ0v) is 14.0. The van der Waals surface area contributed by atoms with Crippen LogP contribution in [-0.4, -0.2) is 9.97 Å². The van der Waals surface area contributed by atoms with Crippen molar-refractivity contribution in [2.24, 2.45) is 0 Å². The fourth-order valence-electron chi connectivity index (χ4n) is 2.45. The van der Waals surface area contributed by atoms with Gasteiger partial charge >= 0.3 is 6.18 Å². The van der Waals surface area contributed by atoms with Crippen molar-refractivity contribution in [2.75, 3.05) is 5.73 Å². The summed E-state index contributed by atoms with van der Waals surface area (Å²) in [6.45, 7) is 3.93. The number of imidazole rings is 1. The van der Waals surface area contributed by atoms with Crippen LogP contribution < -0.4 is 5.73 Å². The Morgan fingerprint density at radius 1 is 1.12 bits per heavy atom. The van der Waals surface area contributed by atoms with E-state index in [0.29, 0.717) is 21.9 Å². The summed E-state index contributed by atoms with van der Waals surface area (Å²) in [5, 5.41) is 0.574. The Bertz CT molecular complexity index is 900. The molecule has 3 aromatic rings. The van der Waals surface area contributed by atoms with Gasteiger partial charge in [-0.25, -0.2) is 4.98 Å². The summed E-state index contributed by atoms with van der Waals surface area (Å²) in [4.78, 5) is 7.27. The Morgan fingerprint density at radius 2 is 1.83 bits per heavy atom. The molecule has 2 aromatic carbocycles. The number of nitrogens with one attached hydrogen (secondary N) is 1. The maximum absolute atomic E-state index is 12.8. The van der Waals surface area contributed by atoms with E-state index in [-0.39, 0.29) is 0 Å². The fourth-order valence-corrected chi connectivity index (χ4v) is 3.46. The first-order chi connectivity index (χ1) is 11.3. The van der Waals surface area contributed by atoms with Crippen LogP contribution >= 0.6 is 11.8 Å². The molecule has 0 bridgehead atoms. The summed E-state index contributed by atoms with van der Waals surface area (Å²) < 4.78 is 38.3. The lowest BCUT2D eigenvalue weighted by Crippen LogP contribution is -2.04. The number of benzene rings is 2. The molecule has 3 nitrogen and oxygen atoms in total. The van der Waals surface area contributed by atoms with Crippen LogP contribution in [0.4, 0.5) is 18.9 Å². The highest BCUT2D eigenvalue weighted by Crippen LogP contribution is 2.33. The Labute approximate surface area is 141 Å². The first-order valence-electron chi connectivity index (χ1n) is 7.30. The van der Waals surface area contributed by atoms with Crippen LogP contribution in [0.1, 0.15) is 22.3 Å². The van der Waals surface area contributed by atoms with Crippen LogP contribution in [0, 0.1) is 13.8 Å². The Balaban J connectivity index is 1.85. The maximum Gasteiger partial charge on any atom is 0.416 e. The molecule has 0 fully saturated rings. The number of aryl methyl sites for hydroxylation is 2. The molecule has 126 valence electrons. The number of nitrogens with zero attached hydrogens (tertiary/aromatic N) is 1. The van der Waals surface area contributed by atoms with Crippen molar-refractivity contribution in [1.82, 2.24) is 9.97 Å². The lowest BCUT2D eigenvalue weighted by atomic mass is 10.0. The number of hydrogen-bond donors (Lipinski definition) is 2. The molecule has 0 atom stereocenters. The Morgan fingerprint density at radius 3 is 2.54 bits per heavy atom. The average Bonchev–Trinajstić information content (AvgIpc) is 2.92. The molecule has 0 radical (unpaired) electrons. The number of thioether (sulfide) groups is 1. The van der Waals surface area contributed by atoms with Crippen LogP contribution in [0.25, 0.3) is 11.0 Å². The highest BCUT2D eigenvalue weighted by atomic mass is 32.2. The second kappa shape index (κ2) is 6.05. The lowest BCUT2D eigenvalue weighted by molar-refractivity contribution is -0.137. The summed E-state index contributed by atoms with van der Waals surface area (Å²) >= 11 is 1.42. The summed E-state index contributed by atoms with van der Waals surface area (Å²) in [6.07, 6.45) is -4.36. The number of anilines is 1. The zero-order chi connectivity index (χ0) is 17.5. The monoisotopic (exact) mass is 351 g/mol. The van der Waals surface area contributed by atoms with E-state index in [4.69, 9.17) is 5.73 Å². The summed E-state index contributed by atoms with van der Waals surface area (Å²) in [7, 11) is 0. The first-order valence-corrected chi connectivity index (χ1v) is 8.28. The number of alkyl halides is 3. The topological polar surface area (TPSA) is 54.7 Å². The van der Waals surface area contributed by atoms with Gasteiger partial charge in [-0.3, -0.25) is 0 Å². The number of nitrogen functional groups attached to an aromatic ring is 1. The predicted molar refractivity (Wildman–Crippen MR) is 91.0 cm³/mol. The summed E-state index contributed by atoms with van der Waals surface area (Å²) in [5.74, 6) is 0.602. The minimum absolute atomic E-state index is 0.376. The number of halogens is 3. The quantitative estimate of drug-likeness (QED) is 0.511. The minimum atomic E-state index is -4.36. The van der Waals surface area contributed by atoms with Gasteiger partial charge in [-0.15, -0.1) is 0 Å². The third-order valence-corrected chi connectivity index (χ3v) is 4.85. The third-order valence-electron chi connectivity index (χ3n) is 3.95. The van der Waals surface area contributed by atoms with Crippen LogP contribution in [0.3, 0.4) is 0 Å². The van der Waals surface area contributed by atoms with Crippen molar-refractivity contribution < 1.29 is 13.2 Å². The number of aromatic amines is 1. The van der Waals surface area contributed by atoms with Crippen molar-refractivity contribution in [3.8, 4) is 0 Å². The molecule has 0 spiro atoms. The average molecular weight is 351 g/mol. The largest absolute Gasteiger partial charge is 0.416 e. The second-order valence-electron chi connectivity index (χ2n) is 5.65. The molecule has 3 rings (SSSR count). The highest BCUT2D eigenvalue weighted by molar-refractivity contribution is 7.98. The van der Waals surface area contributed by atoms with E-state index in [0.717, 1.165) is 34.5 Å². The van der Waals surface area contributed by atoms with Gasteiger partial charge in [0.2, 0.25) is 0 Å². The molecule has 1 heterocycles. The van der Waals surface area contributed by atoms with E-state index in [9.17, 15) is 13.2 Å². The molecule has 0 aliphatic carbocycles. The van der Waals surface area contributed by atoms with E-state index in [1.807, 2.05) is 26.0 Å². The van der Waals surface area contributed by atoms with Crippen molar-refractivity contribution in [3.63, 3.8) is 0 Å². The summed E-state index contributed by atoms with van der Waals surface area (Å²) in [6, 6.07) is 7.48. The van der Waals surface area contributed by atoms with Crippen molar-refractivity contribution >= 4 is 28.5 Å². The number of fused-ring (bicyclic) bond motifs is 1. The van der Waals surface area contributed by atoms with Crippen molar-refractivity contribution in [3.05, 3.63) is 52.6 Å². The van der Waals surface area contributed by atoms with Crippen LogP contribution in [0.15, 0.2) is 35.5 Å². The van der Waals surface area contributed by atoms with Gasteiger partial charge in [-0.2, -0.15) is 13.2 Å². The second-order valence-corrected chi connectivity index (χ2v) is 6.62. The van der Waals surface area contributed by atoms with Gasteiger partial charge in [-0.05, 0) is 48.7 Å². The fraction of sp³-hybridized carbons (Fsp3) is 0.235. The van der Waals surface area contributed by atoms with Crippen LogP contribution in [-0.2, 0) is 11.9 Å². The van der Waals surface area contributed by atoms with Gasteiger partial charge in [0.15, 0.2) is 5.16 Å². The highest BCUT2D eigenvalue weighted by Gasteiger charge is 2.30. The van der Waals surface area contributed by atoms with E-state index in [1.54, 1.807) is 0 Å². The zero-order valence-electron chi connectivity index (χ0n) is 13.2. The van der Waals surface area contributed by atoms with E-state index < -0.39 is 11.7 Å². The molecule has 24 heavy (non-hydrogen) atoms. The molecule has 0 saturated heterocycles. The van der Waals surface area contributed by atoms with Gasteiger partial charge in [0.25, 0.3) is 0 Å². The number of H-pyrrole nitrogens is 1. The first kappa shape index (κ1) is 16.7. The standard InChI is InChI=1S/C17H16F3N3S/c1-9-3-4-10(2)15(21)12(9)8-24-16-22-13-6-5-11(17(18,19)20)7-14(13)23-16/h3-7H,8,21H2,1-2H3,(H,22,23). The Hall–Kier alpha value is -2.15. The number of hydrogen-bond acceptors (Lipinski definition) is 3. The molecule has 0 saturated carbocycles. The molecular weight excluding hydrogens is 335 g/mol. The van der Waals surface area contributed by atoms with Gasteiger partial charge in [0, 0.05) is 11.4 Å². The molecule has 0 unspecified atom stereocenters.